The molecule has 0 saturated carbocycles. The highest BCUT2D eigenvalue weighted by Gasteiger charge is 2.10. The molecular weight excluding hydrogens is 256 g/mol. The molecule has 0 unspecified atom stereocenters. The van der Waals surface area contributed by atoms with Crippen LogP contribution in [0.15, 0.2) is 17.1 Å². The molecule has 0 spiro atoms. The quantitative estimate of drug-likeness (QED) is 0.711. The van der Waals surface area contributed by atoms with E-state index in [0.29, 0.717) is 5.65 Å². The molecule has 0 radical (unpaired) electrons. The van der Waals surface area contributed by atoms with Crippen LogP contribution in [0.25, 0.3) is 5.65 Å². The lowest BCUT2D eigenvalue weighted by atomic mass is 10.3. The van der Waals surface area contributed by atoms with Gasteiger partial charge < -0.3 is 10.6 Å². The molecule has 1 aliphatic rings. The summed E-state index contributed by atoms with van der Waals surface area (Å²) in [4.78, 5) is 14.0. The SMILES string of the molecule is Cc1cc(NCCN2CCNCC2)c2n[nH]c(=O)n2c1. The Morgan fingerprint density at radius 2 is 2.20 bits per heavy atom. The predicted octanol–water partition coefficient (Wildman–Crippen LogP) is -0.352. The predicted molar refractivity (Wildman–Crippen MR) is 78.3 cm³/mol. The molecule has 3 rings (SSSR count). The molecule has 7 heteroatoms. The minimum Gasteiger partial charge on any atom is -0.381 e. The number of nitrogens with one attached hydrogen (secondary N) is 3. The van der Waals surface area contributed by atoms with Gasteiger partial charge in [-0.1, -0.05) is 0 Å². The fourth-order valence-electron chi connectivity index (χ4n) is 2.56. The van der Waals surface area contributed by atoms with E-state index in [9.17, 15) is 4.79 Å². The van der Waals surface area contributed by atoms with Gasteiger partial charge in [-0.3, -0.25) is 4.90 Å². The van der Waals surface area contributed by atoms with Gasteiger partial charge in [-0.25, -0.2) is 14.3 Å². The largest absolute Gasteiger partial charge is 0.381 e. The number of piperazine rings is 1. The second kappa shape index (κ2) is 5.64. The number of aromatic nitrogens is 3. The van der Waals surface area contributed by atoms with Crippen molar-refractivity contribution in [2.24, 2.45) is 0 Å². The van der Waals surface area contributed by atoms with Crippen LogP contribution in [-0.4, -0.2) is 58.8 Å². The number of rotatable bonds is 4. The van der Waals surface area contributed by atoms with Gasteiger partial charge in [0.2, 0.25) is 0 Å². The van der Waals surface area contributed by atoms with Crippen molar-refractivity contribution in [3.63, 3.8) is 0 Å². The van der Waals surface area contributed by atoms with Crippen LogP contribution >= 0.6 is 0 Å². The van der Waals surface area contributed by atoms with Gasteiger partial charge in [0.1, 0.15) is 0 Å². The summed E-state index contributed by atoms with van der Waals surface area (Å²) in [6.45, 7) is 8.11. The van der Waals surface area contributed by atoms with Crippen molar-refractivity contribution in [2.75, 3.05) is 44.6 Å². The summed E-state index contributed by atoms with van der Waals surface area (Å²) in [5.41, 5.74) is 2.39. The van der Waals surface area contributed by atoms with Crippen LogP contribution in [-0.2, 0) is 0 Å². The van der Waals surface area contributed by atoms with Gasteiger partial charge in [-0.05, 0) is 18.6 Å². The zero-order valence-corrected chi connectivity index (χ0v) is 11.6. The summed E-state index contributed by atoms with van der Waals surface area (Å²) in [6.07, 6.45) is 1.79. The molecule has 0 aliphatic carbocycles. The van der Waals surface area contributed by atoms with E-state index >= 15 is 0 Å². The molecule has 3 N–H and O–H groups in total. The third-order valence-corrected chi connectivity index (χ3v) is 3.60. The van der Waals surface area contributed by atoms with Gasteiger partial charge in [0.05, 0.1) is 5.69 Å². The number of hydrogen-bond donors (Lipinski definition) is 3. The smallest absolute Gasteiger partial charge is 0.347 e. The number of pyridine rings is 1. The van der Waals surface area contributed by atoms with Crippen molar-refractivity contribution in [3.8, 4) is 0 Å². The number of nitrogens with zero attached hydrogens (tertiary/aromatic N) is 3. The zero-order chi connectivity index (χ0) is 13.9. The zero-order valence-electron chi connectivity index (χ0n) is 11.6. The summed E-state index contributed by atoms with van der Waals surface area (Å²) in [7, 11) is 0. The molecule has 0 bridgehead atoms. The molecule has 1 saturated heterocycles. The topological polar surface area (TPSA) is 77.5 Å². The van der Waals surface area contributed by atoms with Crippen molar-refractivity contribution in [2.45, 2.75) is 6.92 Å². The second-order valence-corrected chi connectivity index (χ2v) is 5.17. The maximum absolute atomic E-state index is 11.6. The Balaban J connectivity index is 1.69. The van der Waals surface area contributed by atoms with Gasteiger partial charge in [0.15, 0.2) is 5.65 Å². The highest BCUT2D eigenvalue weighted by molar-refractivity contribution is 5.67. The fourth-order valence-corrected chi connectivity index (χ4v) is 2.56. The van der Waals surface area contributed by atoms with Crippen molar-refractivity contribution < 1.29 is 0 Å². The van der Waals surface area contributed by atoms with Crippen LogP contribution in [0.3, 0.4) is 0 Å². The molecule has 108 valence electrons. The summed E-state index contributed by atoms with van der Waals surface area (Å²) < 4.78 is 1.54. The van der Waals surface area contributed by atoms with E-state index in [4.69, 9.17) is 0 Å². The van der Waals surface area contributed by atoms with E-state index in [-0.39, 0.29) is 5.69 Å². The van der Waals surface area contributed by atoms with Crippen LogP contribution in [0.4, 0.5) is 5.69 Å². The molecule has 1 aliphatic heterocycles. The van der Waals surface area contributed by atoms with E-state index in [1.165, 1.54) is 0 Å². The number of fused-ring (bicyclic) bond motifs is 1. The summed E-state index contributed by atoms with van der Waals surface area (Å²) >= 11 is 0. The molecule has 0 aromatic carbocycles. The lowest BCUT2D eigenvalue weighted by molar-refractivity contribution is 0.249. The number of H-pyrrole nitrogens is 1. The molecular formula is C13H20N6O. The van der Waals surface area contributed by atoms with Gasteiger partial charge in [-0.15, -0.1) is 0 Å². The highest BCUT2D eigenvalue weighted by Crippen LogP contribution is 2.14. The third kappa shape index (κ3) is 2.68. The average Bonchev–Trinajstić information content (AvgIpc) is 2.82. The molecule has 3 heterocycles. The summed E-state index contributed by atoms with van der Waals surface area (Å²) in [5, 5.41) is 13.3. The van der Waals surface area contributed by atoms with Crippen LogP contribution < -0.4 is 16.3 Å². The Labute approximate surface area is 117 Å². The van der Waals surface area contributed by atoms with Crippen LogP contribution in [0.5, 0.6) is 0 Å². The molecule has 7 nitrogen and oxygen atoms in total. The van der Waals surface area contributed by atoms with Crippen molar-refractivity contribution in [1.82, 2.24) is 24.8 Å². The average molecular weight is 276 g/mol. The van der Waals surface area contributed by atoms with Gasteiger partial charge in [0, 0.05) is 45.5 Å². The number of aryl methyl sites for hydroxylation is 1. The monoisotopic (exact) mass is 276 g/mol. The Morgan fingerprint density at radius 1 is 1.40 bits per heavy atom. The first kappa shape index (κ1) is 13.1. The fraction of sp³-hybridized carbons (Fsp3) is 0.538. The van der Waals surface area contributed by atoms with Gasteiger partial charge in [-0.2, -0.15) is 5.10 Å². The summed E-state index contributed by atoms with van der Waals surface area (Å²) in [5.74, 6) is 0. The minimum absolute atomic E-state index is 0.200. The second-order valence-electron chi connectivity index (χ2n) is 5.17. The molecule has 1 fully saturated rings. The first-order valence-electron chi connectivity index (χ1n) is 6.98. The van der Waals surface area contributed by atoms with E-state index in [2.05, 4.69) is 25.7 Å². The first-order valence-corrected chi connectivity index (χ1v) is 6.98. The number of aromatic amines is 1. The van der Waals surface area contributed by atoms with Crippen molar-refractivity contribution in [3.05, 3.63) is 28.3 Å². The van der Waals surface area contributed by atoms with E-state index in [1.807, 2.05) is 13.0 Å². The molecule has 2 aromatic rings. The molecule has 20 heavy (non-hydrogen) atoms. The standard InChI is InChI=1S/C13H20N6O/c1-10-8-11(12-16-17-13(20)19(12)9-10)15-4-7-18-5-2-14-3-6-18/h8-9,14-15H,2-7H2,1H3,(H,17,20). The third-order valence-electron chi connectivity index (χ3n) is 3.60. The number of hydrogen-bond acceptors (Lipinski definition) is 5. The van der Waals surface area contributed by atoms with Crippen LogP contribution in [0.2, 0.25) is 0 Å². The van der Waals surface area contributed by atoms with Crippen LogP contribution in [0.1, 0.15) is 5.56 Å². The normalized spacial score (nSPS) is 16.6. The van der Waals surface area contributed by atoms with E-state index in [0.717, 1.165) is 50.5 Å². The van der Waals surface area contributed by atoms with E-state index < -0.39 is 0 Å². The summed E-state index contributed by atoms with van der Waals surface area (Å²) in [6, 6.07) is 2.02. The Morgan fingerprint density at radius 3 is 3.00 bits per heavy atom. The Hall–Kier alpha value is -1.86. The van der Waals surface area contributed by atoms with Crippen LogP contribution in [0, 0.1) is 6.92 Å². The van der Waals surface area contributed by atoms with Crippen molar-refractivity contribution >= 4 is 11.3 Å². The van der Waals surface area contributed by atoms with Crippen molar-refractivity contribution in [1.29, 1.82) is 0 Å². The van der Waals surface area contributed by atoms with Gasteiger partial charge >= 0.3 is 5.69 Å². The Bertz CT molecular complexity index is 640. The van der Waals surface area contributed by atoms with E-state index in [1.54, 1.807) is 10.6 Å². The number of anilines is 1. The first-order chi connectivity index (χ1) is 9.74. The maximum atomic E-state index is 11.6. The van der Waals surface area contributed by atoms with Gasteiger partial charge in [0.25, 0.3) is 0 Å². The highest BCUT2D eigenvalue weighted by atomic mass is 16.1. The minimum atomic E-state index is -0.200. The lowest BCUT2D eigenvalue weighted by Gasteiger charge is -2.27. The molecule has 0 atom stereocenters. The lowest BCUT2D eigenvalue weighted by Crippen LogP contribution is -2.45. The molecule has 2 aromatic heterocycles. The maximum Gasteiger partial charge on any atom is 0.347 e. The Kier molecular flexibility index (Phi) is 3.70. The molecule has 0 amide bonds.